The van der Waals surface area contributed by atoms with Gasteiger partial charge >= 0.3 is 35.8 Å². The summed E-state index contributed by atoms with van der Waals surface area (Å²) in [5.74, 6) is -14.4. The van der Waals surface area contributed by atoms with Gasteiger partial charge in [-0.2, -0.15) is 43.9 Å². The van der Waals surface area contributed by atoms with Gasteiger partial charge < -0.3 is 14.6 Å². The molecule has 0 saturated heterocycles. The zero-order chi connectivity index (χ0) is 22.6. The lowest BCUT2D eigenvalue weighted by atomic mass is 9.89. The van der Waals surface area contributed by atoms with E-state index in [1.165, 1.54) is 0 Å². The molecule has 0 aromatic carbocycles. The van der Waals surface area contributed by atoms with E-state index >= 15 is 0 Å². The predicted octanol–water partition coefficient (Wildman–Crippen LogP) is 3.93. The first-order valence-electron chi connectivity index (χ1n) is 7.02. The van der Waals surface area contributed by atoms with Crippen molar-refractivity contribution >= 4 is 5.97 Å². The van der Waals surface area contributed by atoms with Crippen LogP contribution >= 0.6 is 0 Å². The lowest BCUT2D eigenvalue weighted by Gasteiger charge is -2.39. The molecule has 0 amide bonds. The van der Waals surface area contributed by atoms with Gasteiger partial charge in [-0.25, -0.2) is 9.18 Å². The van der Waals surface area contributed by atoms with Crippen molar-refractivity contribution in [1.29, 1.82) is 0 Å². The Hall–Kier alpha value is -1.64. The molecule has 15 heteroatoms. The number of ether oxygens (including phenoxy) is 2. The van der Waals surface area contributed by atoms with Crippen molar-refractivity contribution in [2.24, 2.45) is 0 Å². The maximum atomic E-state index is 13.4. The Balaban J connectivity index is 5.04. The zero-order valence-corrected chi connectivity index (χ0v) is 13.5. The number of hydrogen-bond donors (Lipinski definition) is 1. The number of halogens is 11. The highest BCUT2D eigenvalue weighted by Crippen LogP contribution is 2.59. The molecule has 166 valence electrons. The Bertz CT molecular complexity index is 528. The second-order valence-corrected chi connectivity index (χ2v) is 5.18. The van der Waals surface area contributed by atoms with Crippen LogP contribution in [0.2, 0.25) is 0 Å². The molecule has 0 bridgehead atoms. The van der Waals surface area contributed by atoms with Gasteiger partial charge in [-0.15, -0.1) is 0 Å². The van der Waals surface area contributed by atoms with Crippen LogP contribution in [0.15, 0.2) is 12.7 Å². The van der Waals surface area contributed by atoms with Gasteiger partial charge in [0.2, 0.25) is 6.29 Å². The summed E-state index contributed by atoms with van der Waals surface area (Å²) >= 11 is 0. The molecule has 28 heavy (non-hydrogen) atoms. The Kier molecular flexibility index (Phi) is 8.28. The van der Waals surface area contributed by atoms with Crippen LogP contribution in [0.4, 0.5) is 48.3 Å². The minimum atomic E-state index is -7.51. The number of aliphatic hydroxyl groups excluding tert-OH is 1. The largest absolute Gasteiger partial charge is 0.438 e. The number of rotatable bonds is 10. The molecule has 4 nitrogen and oxygen atoms in total. The second kappa shape index (κ2) is 8.80. The van der Waals surface area contributed by atoms with Gasteiger partial charge in [0.1, 0.15) is 0 Å². The van der Waals surface area contributed by atoms with Crippen LogP contribution < -0.4 is 0 Å². The predicted molar refractivity (Wildman–Crippen MR) is 68.2 cm³/mol. The van der Waals surface area contributed by atoms with Crippen molar-refractivity contribution < 1.29 is 67.7 Å². The second-order valence-electron chi connectivity index (χ2n) is 5.18. The first-order valence-corrected chi connectivity index (χ1v) is 7.02. The molecule has 0 aromatic heterocycles. The van der Waals surface area contributed by atoms with Crippen molar-refractivity contribution in [2.45, 2.75) is 49.0 Å². The van der Waals surface area contributed by atoms with Crippen molar-refractivity contribution in [3.8, 4) is 0 Å². The highest BCUT2D eigenvalue weighted by Gasteiger charge is 2.89. The van der Waals surface area contributed by atoms with Gasteiger partial charge in [0.25, 0.3) is 0 Å². The standard InChI is InChI=1S/C13H13F11O4/c1-2-7(25)28-8(26)3-5-27-6-4-9(14,15)11(17,18)10(16,12(19,20)21)13(22,23)24/h2,8,26H,1,3-6H2. The normalized spacial score (nSPS) is 15.3. The number of esters is 1. The first kappa shape index (κ1) is 26.4. The van der Waals surface area contributed by atoms with Crippen LogP contribution in [0.3, 0.4) is 0 Å². The summed E-state index contributed by atoms with van der Waals surface area (Å²) in [5, 5.41) is 9.09. The van der Waals surface area contributed by atoms with Gasteiger partial charge in [0, 0.05) is 18.9 Å². The molecule has 0 rings (SSSR count). The van der Waals surface area contributed by atoms with E-state index in [1.807, 2.05) is 0 Å². The van der Waals surface area contributed by atoms with E-state index in [1.54, 1.807) is 0 Å². The molecule has 0 radical (unpaired) electrons. The van der Waals surface area contributed by atoms with Crippen molar-refractivity contribution in [3.63, 3.8) is 0 Å². The Morgan fingerprint density at radius 3 is 1.79 bits per heavy atom. The summed E-state index contributed by atoms with van der Waals surface area (Å²) in [7, 11) is 0. The van der Waals surface area contributed by atoms with Crippen LogP contribution in [0.5, 0.6) is 0 Å². The number of alkyl halides is 11. The van der Waals surface area contributed by atoms with E-state index in [0.717, 1.165) is 0 Å². The smallest absolute Gasteiger partial charge is 0.433 e. The fourth-order valence-electron chi connectivity index (χ4n) is 1.65. The fourth-order valence-corrected chi connectivity index (χ4v) is 1.65. The highest BCUT2D eigenvalue weighted by molar-refractivity contribution is 5.81. The van der Waals surface area contributed by atoms with E-state index in [4.69, 9.17) is 5.11 Å². The average molecular weight is 442 g/mol. The molecule has 1 N–H and O–H groups in total. The molecule has 1 atom stereocenters. The number of aliphatic hydroxyl groups is 1. The van der Waals surface area contributed by atoms with Crippen LogP contribution in [0.1, 0.15) is 12.8 Å². The van der Waals surface area contributed by atoms with E-state index in [0.29, 0.717) is 6.08 Å². The summed E-state index contributed by atoms with van der Waals surface area (Å²) in [4.78, 5) is 10.7. The van der Waals surface area contributed by atoms with E-state index in [-0.39, 0.29) is 0 Å². The molecule has 0 fully saturated rings. The van der Waals surface area contributed by atoms with Gasteiger partial charge in [-0.05, 0) is 0 Å². The van der Waals surface area contributed by atoms with E-state index in [2.05, 4.69) is 16.1 Å². The molecule has 0 aliphatic rings. The Morgan fingerprint density at radius 2 is 1.39 bits per heavy atom. The molecule has 0 spiro atoms. The third kappa shape index (κ3) is 5.46. The summed E-state index contributed by atoms with van der Waals surface area (Å²) in [5.41, 5.74) is -7.51. The maximum absolute atomic E-state index is 13.4. The maximum Gasteiger partial charge on any atom is 0.438 e. The lowest BCUT2D eigenvalue weighted by Crippen LogP contribution is -2.70. The summed E-state index contributed by atoms with van der Waals surface area (Å²) < 4.78 is 149. The lowest BCUT2D eigenvalue weighted by molar-refractivity contribution is -0.427. The molecule has 0 aromatic rings. The summed E-state index contributed by atoms with van der Waals surface area (Å²) in [6, 6.07) is 0. The van der Waals surface area contributed by atoms with Crippen LogP contribution in [0, 0.1) is 0 Å². The number of hydrogen-bond acceptors (Lipinski definition) is 4. The molecule has 0 saturated carbocycles. The molecular formula is C13H13F11O4. The van der Waals surface area contributed by atoms with Gasteiger partial charge in [-0.1, -0.05) is 6.58 Å². The quantitative estimate of drug-likeness (QED) is 0.183. The Morgan fingerprint density at radius 1 is 0.929 bits per heavy atom. The van der Waals surface area contributed by atoms with Crippen LogP contribution in [-0.4, -0.2) is 60.4 Å². The molecule has 0 heterocycles. The molecular weight excluding hydrogens is 429 g/mol. The molecule has 1 unspecified atom stereocenters. The monoisotopic (exact) mass is 442 g/mol. The summed E-state index contributed by atoms with van der Waals surface area (Å²) in [6.07, 6.45) is -19.0. The van der Waals surface area contributed by atoms with Crippen molar-refractivity contribution in [1.82, 2.24) is 0 Å². The minimum absolute atomic E-state index is 0.611. The highest BCUT2D eigenvalue weighted by atomic mass is 19.4. The third-order valence-electron chi connectivity index (χ3n) is 3.16. The average Bonchev–Trinajstić information content (AvgIpc) is 2.50. The van der Waals surface area contributed by atoms with Crippen molar-refractivity contribution in [2.75, 3.05) is 13.2 Å². The number of carbonyl (C=O) groups excluding carboxylic acids is 1. The van der Waals surface area contributed by atoms with E-state index < -0.39 is 68.2 Å². The van der Waals surface area contributed by atoms with Gasteiger partial charge in [0.05, 0.1) is 13.2 Å². The minimum Gasteiger partial charge on any atom is -0.433 e. The molecule has 0 aliphatic heterocycles. The van der Waals surface area contributed by atoms with Crippen LogP contribution in [-0.2, 0) is 14.3 Å². The third-order valence-corrected chi connectivity index (χ3v) is 3.16. The molecule has 0 aliphatic carbocycles. The Labute approximate surface area is 149 Å². The van der Waals surface area contributed by atoms with E-state index in [9.17, 15) is 53.1 Å². The van der Waals surface area contributed by atoms with Crippen LogP contribution in [0.25, 0.3) is 0 Å². The van der Waals surface area contributed by atoms with Gasteiger partial charge in [0.15, 0.2) is 0 Å². The fraction of sp³-hybridized carbons (Fsp3) is 0.769. The summed E-state index contributed by atoms with van der Waals surface area (Å²) in [6.45, 7) is 0.663. The van der Waals surface area contributed by atoms with Gasteiger partial charge in [-0.3, -0.25) is 0 Å². The number of carbonyl (C=O) groups is 1. The van der Waals surface area contributed by atoms with Crippen molar-refractivity contribution in [3.05, 3.63) is 12.7 Å². The first-order chi connectivity index (χ1) is 12.3. The topological polar surface area (TPSA) is 55.8 Å². The zero-order valence-electron chi connectivity index (χ0n) is 13.5. The SMILES string of the molecule is C=CC(=O)OC(O)CCOCCC(F)(F)C(F)(F)C(F)(C(F)(F)F)C(F)(F)F.